The lowest BCUT2D eigenvalue weighted by atomic mass is 9.82. The summed E-state index contributed by atoms with van der Waals surface area (Å²) in [6.07, 6.45) is 1.84. The Kier molecular flexibility index (Phi) is 5.17. The van der Waals surface area contributed by atoms with Gasteiger partial charge in [-0.2, -0.15) is 0 Å². The SMILES string of the molecule is CCC1(CC)CCN(C(=O)N[C@H](C(=O)O)[C@@H](C)O)C1. The molecule has 1 heterocycles. The van der Waals surface area contributed by atoms with Crippen LogP contribution in [0.15, 0.2) is 0 Å². The summed E-state index contributed by atoms with van der Waals surface area (Å²) in [4.78, 5) is 24.6. The standard InChI is InChI=1S/C13H24N2O4/c1-4-13(5-2)6-7-15(8-13)12(19)14-10(9(3)16)11(17)18/h9-10,16H,4-8H2,1-3H3,(H,14,19)(H,17,18)/t9-,10+/m1/s1. The third kappa shape index (κ3) is 3.59. The number of aliphatic hydroxyl groups excluding tert-OH is 1. The molecule has 0 unspecified atom stereocenters. The number of carbonyl (C=O) groups is 2. The Morgan fingerprint density at radius 1 is 1.37 bits per heavy atom. The highest BCUT2D eigenvalue weighted by atomic mass is 16.4. The van der Waals surface area contributed by atoms with Gasteiger partial charge in [-0.05, 0) is 31.6 Å². The predicted octanol–water partition coefficient (Wildman–Crippen LogP) is 1.04. The van der Waals surface area contributed by atoms with Crippen LogP contribution in [-0.2, 0) is 4.79 Å². The van der Waals surface area contributed by atoms with Crippen molar-refractivity contribution in [2.24, 2.45) is 5.41 Å². The van der Waals surface area contributed by atoms with E-state index >= 15 is 0 Å². The first-order chi connectivity index (χ1) is 8.85. The molecule has 0 saturated carbocycles. The molecule has 1 aliphatic heterocycles. The maximum absolute atomic E-state index is 12.0. The summed E-state index contributed by atoms with van der Waals surface area (Å²) in [5.41, 5.74) is 0.154. The van der Waals surface area contributed by atoms with Crippen LogP contribution < -0.4 is 5.32 Å². The number of rotatable bonds is 5. The van der Waals surface area contributed by atoms with E-state index in [0.717, 1.165) is 19.3 Å². The van der Waals surface area contributed by atoms with Gasteiger partial charge in [-0.3, -0.25) is 0 Å². The molecule has 0 aliphatic carbocycles. The lowest BCUT2D eigenvalue weighted by Gasteiger charge is -2.27. The molecule has 19 heavy (non-hydrogen) atoms. The van der Waals surface area contributed by atoms with Crippen LogP contribution in [0.3, 0.4) is 0 Å². The number of amides is 2. The van der Waals surface area contributed by atoms with Crippen molar-refractivity contribution in [3.05, 3.63) is 0 Å². The second-order valence-electron chi connectivity index (χ2n) is 5.38. The fourth-order valence-corrected chi connectivity index (χ4v) is 2.55. The van der Waals surface area contributed by atoms with Gasteiger partial charge in [0, 0.05) is 13.1 Å². The number of nitrogens with one attached hydrogen (secondary N) is 1. The maximum Gasteiger partial charge on any atom is 0.328 e. The smallest absolute Gasteiger partial charge is 0.328 e. The summed E-state index contributed by atoms with van der Waals surface area (Å²) in [5, 5.41) is 20.7. The van der Waals surface area contributed by atoms with Crippen LogP contribution in [0.1, 0.15) is 40.0 Å². The summed E-state index contributed by atoms with van der Waals surface area (Å²) in [7, 11) is 0. The average molecular weight is 272 g/mol. The maximum atomic E-state index is 12.0. The fourth-order valence-electron chi connectivity index (χ4n) is 2.55. The van der Waals surface area contributed by atoms with E-state index in [4.69, 9.17) is 5.11 Å². The zero-order valence-electron chi connectivity index (χ0n) is 11.8. The molecule has 3 N–H and O–H groups in total. The van der Waals surface area contributed by atoms with Crippen molar-refractivity contribution >= 4 is 12.0 Å². The number of carboxylic acids is 1. The molecule has 0 radical (unpaired) electrons. The molecule has 1 rings (SSSR count). The summed E-state index contributed by atoms with van der Waals surface area (Å²) < 4.78 is 0. The molecule has 1 aliphatic rings. The molecule has 1 fully saturated rings. The van der Waals surface area contributed by atoms with E-state index in [9.17, 15) is 14.7 Å². The van der Waals surface area contributed by atoms with E-state index in [1.54, 1.807) is 4.90 Å². The van der Waals surface area contributed by atoms with Gasteiger partial charge in [0.2, 0.25) is 0 Å². The van der Waals surface area contributed by atoms with Gasteiger partial charge in [0.15, 0.2) is 6.04 Å². The van der Waals surface area contributed by atoms with E-state index in [-0.39, 0.29) is 5.41 Å². The zero-order chi connectivity index (χ0) is 14.6. The first-order valence-corrected chi connectivity index (χ1v) is 6.81. The van der Waals surface area contributed by atoms with E-state index in [1.807, 2.05) is 0 Å². The Morgan fingerprint density at radius 3 is 2.32 bits per heavy atom. The third-order valence-electron chi connectivity index (χ3n) is 4.25. The highest BCUT2D eigenvalue weighted by Crippen LogP contribution is 2.36. The molecule has 1 saturated heterocycles. The second kappa shape index (κ2) is 6.23. The number of likely N-dealkylation sites (tertiary alicyclic amines) is 1. The van der Waals surface area contributed by atoms with Crippen LogP contribution in [0.4, 0.5) is 4.79 Å². The summed E-state index contributed by atoms with van der Waals surface area (Å²) in [6.45, 7) is 6.87. The first-order valence-electron chi connectivity index (χ1n) is 6.81. The van der Waals surface area contributed by atoms with Gasteiger partial charge in [0.1, 0.15) is 0 Å². The number of carbonyl (C=O) groups excluding carboxylic acids is 1. The van der Waals surface area contributed by atoms with E-state index in [1.165, 1.54) is 6.92 Å². The van der Waals surface area contributed by atoms with Crippen molar-refractivity contribution in [1.82, 2.24) is 10.2 Å². The van der Waals surface area contributed by atoms with Crippen molar-refractivity contribution < 1.29 is 19.8 Å². The molecular formula is C13H24N2O4. The van der Waals surface area contributed by atoms with Crippen molar-refractivity contribution in [3.8, 4) is 0 Å². The number of hydrogen-bond donors (Lipinski definition) is 3. The number of aliphatic hydroxyl groups is 1. The molecule has 0 bridgehead atoms. The van der Waals surface area contributed by atoms with Crippen LogP contribution >= 0.6 is 0 Å². The molecule has 2 amide bonds. The zero-order valence-corrected chi connectivity index (χ0v) is 11.8. The minimum absolute atomic E-state index is 0.154. The molecule has 0 spiro atoms. The average Bonchev–Trinajstić information content (AvgIpc) is 2.80. The number of nitrogens with zero attached hydrogens (tertiary/aromatic N) is 1. The van der Waals surface area contributed by atoms with Crippen LogP contribution in [-0.4, -0.2) is 52.3 Å². The lowest BCUT2D eigenvalue weighted by Crippen LogP contribution is -2.52. The minimum Gasteiger partial charge on any atom is -0.480 e. The number of carboxylic acid groups (broad SMARTS) is 1. The topological polar surface area (TPSA) is 89.9 Å². The van der Waals surface area contributed by atoms with Crippen molar-refractivity contribution in [3.63, 3.8) is 0 Å². The lowest BCUT2D eigenvalue weighted by molar-refractivity contribution is -0.141. The quantitative estimate of drug-likeness (QED) is 0.697. The van der Waals surface area contributed by atoms with Gasteiger partial charge in [0.25, 0.3) is 0 Å². The molecule has 6 heteroatoms. The number of hydrogen-bond acceptors (Lipinski definition) is 3. The second-order valence-corrected chi connectivity index (χ2v) is 5.38. The summed E-state index contributed by atoms with van der Waals surface area (Å²) in [6, 6.07) is -1.66. The Morgan fingerprint density at radius 2 is 1.95 bits per heavy atom. The molecule has 0 aromatic rings. The van der Waals surface area contributed by atoms with Crippen molar-refractivity contribution in [2.75, 3.05) is 13.1 Å². The summed E-state index contributed by atoms with van der Waals surface area (Å²) in [5.74, 6) is -1.22. The first kappa shape index (κ1) is 15.8. The molecular weight excluding hydrogens is 248 g/mol. The highest BCUT2D eigenvalue weighted by molar-refractivity contribution is 5.83. The van der Waals surface area contributed by atoms with Gasteiger partial charge in [0.05, 0.1) is 6.10 Å². The monoisotopic (exact) mass is 272 g/mol. The van der Waals surface area contributed by atoms with E-state index < -0.39 is 24.1 Å². The number of urea groups is 1. The molecule has 0 aromatic carbocycles. The van der Waals surface area contributed by atoms with E-state index in [2.05, 4.69) is 19.2 Å². The molecule has 0 aromatic heterocycles. The highest BCUT2D eigenvalue weighted by Gasteiger charge is 2.38. The normalized spacial score (nSPS) is 20.9. The van der Waals surface area contributed by atoms with Crippen molar-refractivity contribution in [2.45, 2.75) is 52.2 Å². The van der Waals surface area contributed by atoms with Gasteiger partial charge in [-0.15, -0.1) is 0 Å². The Hall–Kier alpha value is -1.30. The predicted molar refractivity (Wildman–Crippen MR) is 70.8 cm³/mol. The van der Waals surface area contributed by atoms with Gasteiger partial charge in [-0.1, -0.05) is 13.8 Å². The van der Waals surface area contributed by atoms with Crippen LogP contribution in [0.2, 0.25) is 0 Å². The Labute approximate surface area is 113 Å². The fraction of sp³-hybridized carbons (Fsp3) is 0.846. The Bertz CT molecular complexity index is 340. The van der Waals surface area contributed by atoms with Crippen molar-refractivity contribution in [1.29, 1.82) is 0 Å². The number of aliphatic carboxylic acids is 1. The van der Waals surface area contributed by atoms with Gasteiger partial charge in [-0.25, -0.2) is 9.59 Å². The summed E-state index contributed by atoms with van der Waals surface area (Å²) >= 11 is 0. The Balaban J connectivity index is 2.63. The van der Waals surface area contributed by atoms with Crippen LogP contribution in [0.25, 0.3) is 0 Å². The van der Waals surface area contributed by atoms with Gasteiger partial charge >= 0.3 is 12.0 Å². The molecule has 110 valence electrons. The van der Waals surface area contributed by atoms with Crippen LogP contribution in [0, 0.1) is 5.41 Å². The van der Waals surface area contributed by atoms with Crippen LogP contribution in [0.5, 0.6) is 0 Å². The van der Waals surface area contributed by atoms with Gasteiger partial charge < -0.3 is 20.4 Å². The third-order valence-corrected chi connectivity index (χ3v) is 4.25. The minimum atomic E-state index is -1.26. The molecule has 2 atom stereocenters. The van der Waals surface area contributed by atoms with E-state index in [0.29, 0.717) is 13.1 Å². The molecule has 6 nitrogen and oxygen atoms in total. The largest absolute Gasteiger partial charge is 0.480 e.